The lowest BCUT2D eigenvalue weighted by molar-refractivity contribution is -0.137. The Balaban J connectivity index is 0.956. The topological polar surface area (TPSA) is 86.9 Å². The van der Waals surface area contributed by atoms with Crippen molar-refractivity contribution in [3.8, 4) is 17.2 Å². The van der Waals surface area contributed by atoms with E-state index in [0.29, 0.717) is 36.7 Å². The molecule has 2 saturated heterocycles. The van der Waals surface area contributed by atoms with Crippen LogP contribution in [-0.2, 0) is 17.4 Å². The van der Waals surface area contributed by atoms with Crippen molar-refractivity contribution in [1.82, 2.24) is 14.8 Å². The number of aliphatic hydroxyl groups excluding tert-OH is 1. The van der Waals surface area contributed by atoms with Gasteiger partial charge in [0, 0.05) is 61.3 Å². The maximum Gasteiger partial charge on any atom is 0.416 e. The number of hydrogen-bond acceptors (Lipinski definition) is 7. The Labute approximate surface area is 264 Å². The number of alkyl halides is 3. The highest BCUT2D eigenvalue weighted by atomic mass is 19.4. The maximum absolute atomic E-state index is 14.2. The summed E-state index contributed by atoms with van der Waals surface area (Å²) in [6.07, 6.45) is 0.0512. The molecule has 1 amide bonds. The highest BCUT2D eigenvalue weighted by Gasteiger charge is 2.67. The number of pyridine rings is 1. The van der Waals surface area contributed by atoms with Crippen LogP contribution in [0.3, 0.4) is 0 Å². The van der Waals surface area contributed by atoms with Gasteiger partial charge in [0.05, 0.1) is 5.56 Å². The van der Waals surface area contributed by atoms with Gasteiger partial charge in [0.2, 0.25) is 5.91 Å². The molecule has 0 bridgehead atoms. The average Bonchev–Trinajstić information content (AvgIpc) is 3.94. The van der Waals surface area contributed by atoms with Crippen LogP contribution in [0.15, 0.2) is 54.2 Å². The van der Waals surface area contributed by atoms with Crippen LogP contribution in [0, 0.1) is 5.92 Å². The summed E-state index contributed by atoms with van der Waals surface area (Å²) in [5.41, 5.74) is 2.61. The van der Waals surface area contributed by atoms with Crippen molar-refractivity contribution in [2.75, 3.05) is 31.5 Å². The number of anilines is 1. The first kappa shape index (κ1) is 29.5. The molecular weight excluding hydrogens is 597 g/mol. The Bertz CT molecular complexity index is 1730. The number of carbonyl (C=O) groups is 1. The first-order chi connectivity index (χ1) is 22.2. The molecule has 2 N–H and O–H groups in total. The van der Waals surface area contributed by atoms with Crippen LogP contribution in [0.5, 0.6) is 17.2 Å². The van der Waals surface area contributed by atoms with Crippen LogP contribution in [0.1, 0.15) is 66.1 Å². The van der Waals surface area contributed by atoms with Crippen molar-refractivity contribution in [2.45, 2.75) is 63.1 Å². The van der Waals surface area contributed by atoms with E-state index in [-0.39, 0.29) is 41.0 Å². The lowest BCUT2D eigenvalue weighted by Gasteiger charge is -2.27. The number of amides is 1. The first-order valence-corrected chi connectivity index (χ1v) is 16.0. The second-order valence-corrected chi connectivity index (χ2v) is 12.9. The Morgan fingerprint density at radius 2 is 1.96 bits per heavy atom. The molecule has 0 radical (unpaired) electrons. The number of nitrogens with one attached hydrogen (secondary N) is 1. The average molecular weight is 633 g/mol. The molecule has 1 saturated carbocycles. The van der Waals surface area contributed by atoms with Crippen molar-refractivity contribution in [3.05, 3.63) is 82.1 Å². The fraction of sp³-hybridized carbons (Fsp3) is 0.429. The summed E-state index contributed by atoms with van der Waals surface area (Å²) in [7, 11) is 0. The molecule has 11 heteroatoms. The fourth-order valence-corrected chi connectivity index (χ4v) is 7.49. The highest BCUT2D eigenvalue weighted by Crippen LogP contribution is 2.63. The number of benzene rings is 2. The van der Waals surface area contributed by atoms with Gasteiger partial charge in [-0.25, -0.2) is 4.98 Å². The molecule has 1 aromatic heterocycles. The number of rotatable bonds is 7. The van der Waals surface area contributed by atoms with E-state index in [4.69, 9.17) is 9.47 Å². The first-order valence-electron chi connectivity index (χ1n) is 16.0. The standard InChI is InChI=1S/C35H35F3N4O4/c1-2-41-13-10-19(11-14-41)15-20-3-4-21(16-25(20)35(36,37)38)34(44)42-18-26(42)31-30-24-17-22(5-7-27(24)46-32(30)31)45-28-9-12-39-33-23(28)6-8-29(43)40-33/h3-5,7,9,12,15-17,26,30-32,34,44H,2,6,8,10-11,13-14,18H2,1H3,(H,39,40,43)/t26?,30-,31?,32-,34?,42?/m0/s1. The van der Waals surface area contributed by atoms with Gasteiger partial charge in [-0.2, -0.15) is 13.2 Å². The number of aliphatic hydroxyl groups is 1. The third-order valence-corrected chi connectivity index (χ3v) is 10.1. The lowest BCUT2D eigenvalue weighted by atomic mass is 9.96. The number of aromatic nitrogens is 1. The van der Waals surface area contributed by atoms with Crippen molar-refractivity contribution >= 4 is 17.8 Å². The van der Waals surface area contributed by atoms with Gasteiger partial charge in [-0.1, -0.05) is 30.7 Å². The summed E-state index contributed by atoms with van der Waals surface area (Å²) in [5.74, 6) is 2.83. The Kier molecular flexibility index (Phi) is 7.11. The van der Waals surface area contributed by atoms with E-state index in [0.717, 1.165) is 61.0 Å². The van der Waals surface area contributed by atoms with Crippen molar-refractivity contribution < 1.29 is 32.5 Å². The number of hydrogen-bond donors (Lipinski definition) is 2. The molecule has 8 nitrogen and oxygen atoms in total. The lowest BCUT2D eigenvalue weighted by Crippen LogP contribution is -2.30. The maximum atomic E-state index is 14.2. The van der Waals surface area contributed by atoms with Gasteiger partial charge in [0.15, 0.2) is 0 Å². The van der Waals surface area contributed by atoms with E-state index < -0.39 is 18.0 Å². The van der Waals surface area contributed by atoms with Gasteiger partial charge in [-0.05, 0) is 67.3 Å². The van der Waals surface area contributed by atoms with E-state index in [1.54, 1.807) is 24.4 Å². The second kappa shape index (κ2) is 11.1. The third kappa shape index (κ3) is 5.34. The van der Waals surface area contributed by atoms with E-state index >= 15 is 0 Å². The number of nitrogens with zero attached hydrogens (tertiary/aromatic N) is 3. The Morgan fingerprint density at radius 3 is 2.74 bits per heavy atom. The summed E-state index contributed by atoms with van der Waals surface area (Å²) < 4.78 is 55.0. The van der Waals surface area contributed by atoms with Crippen molar-refractivity contribution in [2.24, 2.45) is 5.92 Å². The van der Waals surface area contributed by atoms with E-state index in [2.05, 4.69) is 22.1 Å². The molecule has 1 aliphatic carbocycles. The number of carbonyl (C=O) groups excluding carboxylic acids is 1. The van der Waals surface area contributed by atoms with Gasteiger partial charge in [0.1, 0.15) is 35.4 Å². The van der Waals surface area contributed by atoms with Crippen LogP contribution in [-0.4, -0.2) is 64.1 Å². The minimum Gasteiger partial charge on any atom is -0.489 e. The number of likely N-dealkylation sites (tertiary alicyclic amines) is 1. The van der Waals surface area contributed by atoms with Crippen LogP contribution < -0.4 is 14.8 Å². The molecule has 5 aliphatic rings. The molecular formula is C35H35F3N4O4. The van der Waals surface area contributed by atoms with Crippen LogP contribution in [0.2, 0.25) is 0 Å². The molecule has 4 aliphatic heterocycles. The molecule has 240 valence electrons. The zero-order valence-corrected chi connectivity index (χ0v) is 25.4. The van der Waals surface area contributed by atoms with Gasteiger partial charge >= 0.3 is 6.18 Å². The molecule has 5 heterocycles. The minimum atomic E-state index is -4.53. The van der Waals surface area contributed by atoms with E-state index in [1.807, 2.05) is 23.1 Å². The summed E-state index contributed by atoms with van der Waals surface area (Å²) in [6.45, 7) is 5.34. The molecule has 4 unspecified atom stereocenters. The molecule has 8 rings (SSSR count). The summed E-state index contributed by atoms with van der Waals surface area (Å²) in [5, 5.41) is 14.0. The number of piperidine rings is 1. The summed E-state index contributed by atoms with van der Waals surface area (Å²) in [6, 6.07) is 11.8. The largest absolute Gasteiger partial charge is 0.489 e. The quantitative estimate of drug-likeness (QED) is 0.304. The molecule has 3 aromatic rings. The smallest absolute Gasteiger partial charge is 0.416 e. The minimum absolute atomic E-state index is 0.0124. The van der Waals surface area contributed by atoms with Gasteiger partial charge in [0.25, 0.3) is 0 Å². The van der Waals surface area contributed by atoms with Gasteiger partial charge < -0.3 is 24.8 Å². The predicted molar refractivity (Wildman–Crippen MR) is 165 cm³/mol. The zero-order valence-electron chi connectivity index (χ0n) is 25.4. The molecule has 3 fully saturated rings. The molecule has 0 spiro atoms. The number of halogens is 3. The fourth-order valence-electron chi connectivity index (χ4n) is 7.49. The van der Waals surface area contributed by atoms with Crippen molar-refractivity contribution in [3.63, 3.8) is 0 Å². The third-order valence-electron chi connectivity index (χ3n) is 10.1. The van der Waals surface area contributed by atoms with Crippen LogP contribution >= 0.6 is 0 Å². The summed E-state index contributed by atoms with van der Waals surface area (Å²) in [4.78, 5) is 20.2. The molecule has 46 heavy (non-hydrogen) atoms. The van der Waals surface area contributed by atoms with Crippen LogP contribution in [0.25, 0.3) is 6.08 Å². The van der Waals surface area contributed by atoms with Crippen molar-refractivity contribution in [1.29, 1.82) is 0 Å². The van der Waals surface area contributed by atoms with E-state index in [1.165, 1.54) is 6.07 Å². The Hall–Kier alpha value is -3.93. The number of fused-ring (bicyclic) bond motifs is 4. The molecule has 6 atom stereocenters. The summed E-state index contributed by atoms with van der Waals surface area (Å²) >= 11 is 0. The van der Waals surface area contributed by atoms with E-state index in [9.17, 15) is 23.1 Å². The SMILES string of the molecule is CCN1CCC(=Cc2ccc(C(O)N3CC3C3[C@H]4Oc5ccc(Oc6ccnc7c6CCC(=O)N7)cc5[C@@H]34)cc2C(F)(F)F)CC1. The highest BCUT2D eigenvalue weighted by molar-refractivity contribution is 5.93. The second-order valence-electron chi connectivity index (χ2n) is 12.9. The normalized spacial score (nSPS) is 27.1. The monoisotopic (exact) mass is 632 g/mol. The zero-order chi connectivity index (χ0) is 31.7. The Morgan fingerprint density at radius 1 is 1.13 bits per heavy atom. The van der Waals surface area contributed by atoms with Crippen LogP contribution in [0.4, 0.5) is 19.0 Å². The predicted octanol–water partition coefficient (Wildman–Crippen LogP) is 6.13. The van der Waals surface area contributed by atoms with Gasteiger partial charge in [-0.3, -0.25) is 9.69 Å². The number of ether oxygens (including phenoxy) is 2. The van der Waals surface area contributed by atoms with Gasteiger partial charge in [-0.15, -0.1) is 0 Å². The molecule has 2 aromatic carbocycles.